The van der Waals surface area contributed by atoms with Crippen LogP contribution in [0.15, 0.2) is 55.1 Å². The van der Waals surface area contributed by atoms with E-state index in [2.05, 4.69) is 9.97 Å². The molecule has 0 radical (unpaired) electrons. The van der Waals surface area contributed by atoms with Gasteiger partial charge in [-0.2, -0.15) is 0 Å². The highest BCUT2D eigenvalue weighted by atomic mass is 35.5. The first-order chi connectivity index (χ1) is 12.6. The van der Waals surface area contributed by atoms with Crippen LogP contribution < -0.4 is 4.74 Å². The lowest BCUT2D eigenvalue weighted by Gasteiger charge is -2.04. The van der Waals surface area contributed by atoms with Gasteiger partial charge in [0.1, 0.15) is 23.7 Å². The second kappa shape index (κ2) is 6.78. The van der Waals surface area contributed by atoms with Crippen LogP contribution in [0.3, 0.4) is 0 Å². The number of pyridine rings is 1. The van der Waals surface area contributed by atoms with Crippen LogP contribution in [0.2, 0.25) is 5.02 Å². The summed E-state index contributed by atoms with van der Waals surface area (Å²) in [6.07, 6.45) is 4.99. The number of rotatable bonds is 5. The minimum Gasteiger partial charge on any atom is -0.487 e. The first kappa shape index (κ1) is 16.6. The number of aromatic nitrogens is 3. The fourth-order valence-electron chi connectivity index (χ4n) is 2.54. The standard InChI is InChI=1S/C18H12ClN3O3S/c19-12-3-4-13-14(6-12)22(10-21-13)16-7-15(17(26-16)18(23)24)25-9-11-2-1-5-20-8-11/h1-8,10H,9H2,(H,23,24). The number of fused-ring (bicyclic) bond motifs is 1. The molecule has 130 valence electrons. The topological polar surface area (TPSA) is 77.2 Å². The van der Waals surface area contributed by atoms with Gasteiger partial charge in [0.15, 0.2) is 4.88 Å². The molecule has 0 saturated carbocycles. The summed E-state index contributed by atoms with van der Waals surface area (Å²) in [5.74, 6) is -0.727. The third-order valence-electron chi connectivity index (χ3n) is 3.74. The van der Waals surface area contributed by atoms with Crippen molar-refractivity contribution in [1.82, 2.24) is 14.5 Å². The third-order valence-corrected chi connectivity index (χ3v) is 5.08. The minimum atomic E-state index is -1.04. The van der Waals surface area contributed by atoms with Gasteiger partial charge in [-0.05, 0) is 24.3 Å². The number of hydrogen-bond acceptors (Lipinski definition) is 5. The van der Waals surface area contributed by atoms with Crippen molar-refractivity contribution < 1.29 is 14.6 Å². The number of halogens is 1. The summed E-state index contributed by atoms with van der Waals surface area (Å²) in [5.41, 5.74) is 2.43. The number of carboxylic acids is 1. The molecule has 0 fully saturated rings. The molecule has 4 rings (SSSR count). The molecule has 3 heterocycles. The molecule has 0 aliphatic rings. The van der Waals surface area contributed by atoms with Crippen LogP contribution in [-0.2, 0) is 6.61 Å². The van der Waals surface area contributed by atoms with E-state index >= 15 is 0 Å². The van der Waals surface area contributed by atoms with Crippen LogP contribution in [0.1, 0.15) is 15.2 Å². The summed E-state index contributed by atoms with van der Waals surface area (Å²) < 4.78 is 7.53. The van der Waals surface area contributed by atoms with Gasteiger partial charge in [0.25, 0.3) is 0 Å². The zero-order valence-corrected chi connectivity index (χ0v) is 14.9. The van der Waals surface area contributed by atoms with E-state index in [1.807, 2.05) is 12.1 Å². The smallest absolute Gasteiger partial charge is 0.349 e. The van der Waals surface area contributed by atoms with E-state index in [9.17, 15) is 9.90 Å². The van der Waals surface area contributed by atoms with Crippen molar-refractivity contribution in [3.05, 3.63) is 70.6 Å². The lowest BCUT2D eigenvalue weighted by Crippen LogP contribution is -2.00. The van der Waals surface area contributed by atoms with E-state index in [1.54, 1.807) is 47.6 Å². The molecule has 0 spiro atoms. The molecule has 4 aromatic rings. The van der Waals surface area contributed by atoms with Crippen molar-refractivity contribution in [2.45, 2.75) is 6.61 Å². The molecular weight excluding hydrogens is 374 g/mol. The quantitative estimate of drug-likeness (QED) is 0.550. The molecule has 3 aromatic heterocycles. The molecule has 0 bridgehead atoms. The fraction of sp³-hybridized carbons (Fsp3) is 0.0556. The van der Waals surface area contributed by atoms with Gasteiger partial charge in [0.05, 0.1) is 11.0 Å². The Morgan fingerprint density at radius 2 is 2.19 bits per heavy atom. The second-order valence-corrected chi connectivity index (χ2v) is 6.95. The van der Waals surface area contributed by atoms with Crippen molar-refractivity contribution in [3.8, 4) is 10.8 Å². The summed E-state index contributed by atoms with van der Waals surface area (Å²) in [7, 11) is 0. The number of ether oxygens (including phenoxy) is 1. The number of carbonyl (C=O) groups is 1. The van der Waals surface area contributed by atoms with E-state index < -0.39 is 5.97 Å². The largest absolute Gasteiger partial charge is 0.487 e. The van der Waals surface area contributed by atoms with E-state index in [0.717, 1.165) is 27.9 Å². The lowest BCUT2D eigenvalue weighted by atomic mass is 10.3. The van der Waals surface area contributed by atoms with Crippen LogP contribution in [0.4, 0.5) is 0 Å². The normalized spacial score (nSPS) is 11.0. The fourth-order valence-corrected chi connectivity index (χ4v) is 3.63. The van der Waals surface area contributed by atoms with Crippen molar-refractivity contribution in [2.24, 2.45) is 0 Å². The van der Waals surface area contributed by atoms with Gasteiger partial charge < -0.3 is 9.84 Å². The van der Waals surface area contributed by atoms with Crippen LogP contribution in [0, 0.1) is 0 Å². The first-order valence-corrected chi connectivity index (χ1v) is 8.83. The Labute approximate surface area is 157 Å². The molecule has 26 heavy (non-hydrogen) atoms. The number of aromatic carboxylic acids is 1. The van der Waals surface area contributed by atoms with Crippen LogP contribution >= 0.6 is 22.9 Å². The van der Waals surface area contributed by atoms with Gasteiger partial charge in [-0.25, -0.2) is 9.78 Å². The van der Waals surface area contributed by atoms with Crippen molar-refractivity contribution in [2.75, 3.05) is 0 Å². The summed E-state index contributed by atoms with van der Waals surface area (Å²) in [5, 5.41) is 10.8. The van der Waals surface area contributed by atoms with Crippen molar-refractivity contribution in [3.63, 3.8) is 0 Å². The monoisotopic (exact) mass is 385 g/mol. The molecule has 0 saturated heterocycles. The molecule has 0 unspecified atom stereocenters. The Balaban J connectivity index is 1.71. The van der Waals surface area contributed by atoms with E-state index in [1.165, 1.54) is 0 Å². The molecule has 1 aromatic carbocycles. The number of hydrogen-bond donors (Lipinski definition) is 1. The average Bonchev–Trinajstić information content (AvgIpc) is 3.24. The Kier molecular flexibility index (Phi) is 4.32. The first-order valence-electron chi connectivity index (χ1n) is 7.63. The number of nitrogens with zero attached hydrogens (tertiary/aromatic N) is 3. The zero-order chi connectivity index (χ0) is 18.1. The van der Waals surface area contributed by atoms with Crippen LogP contribution in [-0.4, -0.2) is 25.6 Å². The van der Waals surface area contributed by atoms with Crippen molar-refractivity contribution in [1.29, 1.82) is 0 Å². The minimum absolute atomic E-state index is 0.132. The molecule has 0 aliphatic carbocycles. The Bertz CT molecular complexity index is 1090. The van der Waals surface area contributed by atoms with Crippen molar-refractivity contribution >= 4 is 39.9 Å². The predicted molar refractivity (Wildman–Crippen MR) is 99.5 cm³/mol. The van der Waals surface area contributed by atoms with Gasteiger partial charge in [-0.15, -0.1) is 11.3 Å². The summed E-state index contributed by atoms with van der Waals surface area (Å²) in [6, 6.07) is 10.7. The second-order valence-electron chi connectivity index (χ2n) is 5.48. The maximum absolute atomic E-state index is 11.6. The van der Waals surface area contributed by atoms with Crippen LogP contribution in [0.25, 0.3) is 16.0 Å². The third kappa shape index (κ3) is 3.14. The highest BCUT2D eigenvalue weighted by Crippen LogP contribution is 2.34. The number of benzene rings is 1. The number of imidazole rings is 1. The average molecular weight is 386 g/mol. The van der Waals surface area contributed by atoms with E-state index in [-0.39, 0.29) is 11.5 Å². The molecule has 1 N–H and O–H groups in total. The van der Waals surface area contributed by atoms with E-state index in [0.29, 0.717) is 15.8 Å². The zero-order valence-electron chi connectivity index (χ0n) is 13.3. The Morgan fingerprint density at radius 3 is 2.96 bits per heavy atom. The maximum Gasteiger partial charge on any atom is 0.349 e. The molecule has 0 aliphatic heterocycles. The number of thiophene rings is 1. The predicted octanol–water partition coefficient (Wildman–Crippen LogP) is 4.41. The molecule has 0 amide bonds. The van der Waals surface area contributed by atoms with Gasteiger partial charge >= 0.3 is 5.97 Å². The molecule has 8 heteroatoms. The Morgan fingerprint density at radius 1 is 1.31 bits per heavy atom. The van der Waals surface area contributed by atoms with Gasteiger partial charge in [0.2, 0.25) is 0 Å². The van der Waals surface area contributed by atoms with Gasteiger partial charge in [0, 0.05) is 29.0 Å². The molecular formula is C18H12ClN3O3S. The SMILES string of the molecule is O=C(O)c1sc(-n2cnc3ccc(Cl)cc32)cc1OCc1cccnc1. The summed E-state index contributed by atoms with van der Waals surface area (Å²) in [4.78, 5) is 20.1. The lowest BCUT2D eigenvalue weighted by molar-refractivity contribution is 0.0697. The van der Waals surface area contributed by atoms with E-state index in [4.69, 9.17) is 16.3 Å². The van der Waals surface area contributed by atoms with Gasteiger partial charge in [-0.1, -0.05) is 17.7 Å². The summed E-state index contributed by atoms with van der Waals surface area (Å²) in [6.45, 7) is 0.237. The number of carboxylic acid groups (broad SMARTS) is 1. The Hall–Kier alpha value is -2.90. The maximum atomic E-state index is 11.6. The highest BCUT2D eigenvalue weighted by Gasteiger charge is 2.19. The molecule has 0 atom stereocenters. The molecule has 6 nitrogen and oxygen atoms in total. The highest BCUT2D eigenvalue weighted by molar-refractivity contribution is 7.16. The van der Waals surface area contributed by atoms with Crippen LogP contribution in [0.5, 0.6) is 5.75 Å². The van der Waals surface area contributed by atoms with Gasteiger partial charge in [-0.3, -0.25) is 9.55 Å². The summed E-state index contributed by atoms with van der Waals surface area (Å²) >= 11 is 7.20.